The maximum atomic E-state index is 10.2. The molecule has 0 aromatic heterocycles. The lowest BCUT2D eigenvalue weighted by Crippen LogP contribution is -2.13. The van der Waals surface area contributed by atoms with Crippen LogP contribution in [0.15, 0.2) is 0 Å². The Kier molecular flexibility index (Phi) is 2.27. The van der Waals surface area contributed by atoms with Crippen molar-refractivity contribution >= 4 is 5.97 Å². The molecule has 1 N–H and O–H groups in total. The van der Waals surface area contributed by atoms with Gasteiger partial charge in [0.15, 0.2) is 0 Å². The first kappa shape index (κ1) is 7.54. The summed E-state index contributed by atoms with van der Waals surface area (Å²) in [6, 6.07) is 0. The third-order valence-electron chi connectivity index (χ3n) is 1.72. The van der Waals surface area contributed by atoms with E-state index in [9.17, 15) is 4.79 Å². The molecule has 3 heteroatoms. The van der Waals surface area contributed by atoms with Crippen LogP contribution in [0.5, 0.6) is 0 Å². The third-order valence-corrected chi connectivity index (χ3v) is 1.72. The fraction of sp³-hybridized carbons (Fsp3) is 0.857. The minimum atomic E-state index is -0.765. The predicted molar refractivity (Wildman–Crippen MR) is 35.8 cm³/mol. The first-order chi connectivity index (χ1) is 4.68. The molecule has 0 aliphatic carbocycles. The molecule has 1 rings (SSSR count). The molecular weight excluding hydrogens is 132 g/mol. The summed E-state index contributed by atoms with van der Waals surface area (Å²) in [5.41, 5.74) is 0. The molecule has 0 bridgehead atoms. The second-order valence-corrected chi connectivity index (χ2v) is 2.74. The van der Waals surface area contributed by atoms with Crippen LogP contribution >= 0.6 is 0 Å². The summed E-state index contributed by atoms with van der Waals surface area (Å²) in [7, 11) is 0. The number of ether oxygens (including phenoxy) is 1. The van der Waals surface area contributed by atoms with E-state index >= 15 is 0 Å². The Morgan fingerprint density at radius 3 is 2.80 bits per heavy atom. The van der Waals surface area contributed by atoms with Gasteiger partial charge < -0.3 is 9.84 Å². The van der Waals surface area contributed by atoms with Gasteiger partial charge in [0.05, 0.1) is 18.6 Å². The Morgan fingerprint density at radius 2 is 2.40 bits per heavy atom. The van der Waals surface area contributed by atoms with Crippen LogP contribution in [0.1, 0.15) is 26.2 Å². The number of hydrogen-bond acceptors (Lipinski definition) is 2. The van der Waals surface area contributed by atoms with Crippen molar-refractivity contribution in [1.82, 2.24) is 0 Å². The number of carbonyl (C=O) groups is 1. The standard InChI is InChI=1S/C7H12O3/c1-5-2-3-6(10-5)4-7(8)9/h5-6H,2-4H2,1H3,(H,8,9)/t5-,6-/m1/s1. The number of aliphatic carboxylic acids is 1. The van der Waals surface area contributed by atoms with Gasteiger partial charge in [0.1, 0.15) is 0 Å². The van der Waals surface area contributed by atoms with Crippen LogP contribution in [0.25, 0.3) is 0 Å². The fourth-order valence-corrected chi connectivity index (χ4v) is 1.23. The Balaban J connectivity index is 2.24. The van der Waals surface area contributed by atoms with E-state index in [0.717, 1.165) is 12.8 Å². The smallest absolute Gasteiger partial charge is 0.305 e. The maximum Gasteiger partial charge on any atom is 0.305 e. The van der Waals surface area contributed by atoms with Gasteiger partial charge in [0, 0.05) is 0 Å². The highest BCUT2D eigenvalue weighted by atomic mass is 16.5. The van der Waals surface area contributed by atoms with Crippen molar-refractivity contribution in [3.05, 3.63) is 0 Å². The SMILES string of the molecule is C[C@@H]1CC[C@H](CC(=O)O)O1. The van der Waals surface area contributed by atoms with Gasteiger partial charge in [0.25, 0.3) is 0 Å². The molecule has 1 aliphatic heterocycles. The van der Waals surface area contributed by atoms with Crippen LogP contribution in [-0.4, -0.2) is 23.3 Å². The van der Waals surface area contributed by atoms with Gasteiger partial charge >= 0.3 is 5.97 Å². The Bertz CT molecular complexity index is 133. The van der Waals surface area contributed by atoms with E-state index in [4.69, 9.17) is 9.84 Å². The van der Waals surface area contributed by atoms with Gasteiger partial charge in [-0.3, -0.25) is 4.79 Å². The molecule has 1 fully saturated rings. The largest absolute Gasteiger partial charge is 0.481 e. The fourth-order valence-electron chi connectivity index (χ4n) is 1.23. The van der Waals surface area contributed by atoms with Crippen molar-refractivity contribution in [3.8, 4) is 0 Å². The lowest BCUT2D eigenvalue weighted by molar-refractivity contribution is -0.139. The van der Waals surface area contributed by atoms with Crippen LogP contribution < -0.4 is 0 Å². The highest BCUT2D eigenvalue weighted by Crippen LogP contribution is 2.20. The lowest BCUT2D eigenvalue weighted by Gasteiger charge is -2.06. The maximum absolute atomic E-state index is 10.2. The van der Waals surface area contributed by atoms with E-state index in [-0.39, 0.29) is 18.6 Å². The first-order valence-electron chi connectivity index (χ1n) is 3.55. The molecule has 58 valence electrons. The highest BCUT2D eigenvalue weighted by Gasteiger charge is 2.23. The van der Waals surface area contributed by atoms with Crippen LogP contribution in [-0.2, 0) is 9.53 Å². The summed E-state index contributed by atoms with van der Waals surface area (Å²) in [5, 5.41) is 8.38. The summed E-state index contributed by atoms with van der Waals surface area (Å²) in [4.78, 5) is 10.2. The van der Waals surface area contributed by atoms with Gasteiger partial charge in [-0.25, -0.2) is 0 Å². The molecule has 10 heavy (non-hydrogen) atoms. The number of hydrogen-bond donors (Lipinski definition) is 1. The second-order valence-electron chi connectivity index (χ2n) is 2.74. The molecular formula is C7H12O3. The normalized spacial score (nSPS) is 32.5. The molecule has 0 aromatic rings. The van der Waals surface area contributed by atoms with Crippen molar-refractivity contribution in [2.75, 3.05) is 0 Å². The van der Waals surface area contributed by atoms with E-state index in [1.807, 2.05) is 6.92 Å². The summed E-state index contributed by atoms with van der Waals surface area (Å²) in [6.45, 7) is 1.97. The molecule has 0 saturated carbocycles. The van der Waals surface area contributed by atoms with E-state index in [2.05, 4.69) is 0 Å². The zero-order valence-corrected chi connectivity index (χ0v) is 6.04. The third kappa shape index (κ3) is 1.99. The monoisotopic (exact) mass is 144 g/mol. The quantitative estimate of drug-likeness (QED) is 0.629. The molecule has 0 spiro atoms. The average Bonchev–Trinajstić information content (AvgIpc) is 2.13. The van der Waals surface area contributed by atoms with Crippen LogP contribution in [0, 0.1) is 0 Å². The number of carboxylic acid groups (broad SMARTS) is 1. The lowest BCUT2D eigenvalue weighted by atomic mass is 10.1. The molecule has 3 nitrogen and oxygen atoms in total. The van der Waals surface area contributed by atoms with E-state index < -0.39 is 5.97 Å². The molecule has 1 saturated heterocycles. The molecule has 1 heterocycles. The van der Waals surface area contributed by atoms with Crippen LogP contribution in [0.3, 0.4) is 0 Å². The van der Waals surface area contributed by atoms with Crippen molar-refractivity contribution in [1.29, 1.82) is 0 Å². The van der Waals surface area contributed by atoms with E-state index in [1.54, 1.807) is 0 Å². The summed E-state index contributed by atoms with van der Waals surface area (Å²) < 4.78 is 5.29. The predicted octanol–water partition coefficient (Wildman–Crippen LogP) is 1.03. The van der Waals surface area contributed by atoms with Crippen LogP contribution in [0.4, 0.5) is 0 Å². The van der Waals surface area contributed by atoms with Crippen molar-refractivity contribution in [2.24, 2.45) is 0 Å². The molecule has 0 amide bonds. The molecule has 0 radical (unpaired) electrons. The number of carboxylic acids is 1. The van der Waals surface area contributed by atoms with Gasteiger partial charge in [-0.1, -0.05) is 0 Å². The average molecular weight is 144 g/mol. The van der Waals surface area contributed by atoms with Gasteiger partial charge in [-0.15, -0.1) is 0 Å². The molecule has 0 unspecified atom stereocenters. The van der Waals surface area contributed by atoms with Crippen molar-refractivity contribution in [2.45, 2.75) is 38.4 Å². The minimum absolute atomic E-state index is 0.0347. The van der Waals surface area contributed by atoms with Gasteiger partial charge in [-0.05, 0) is 19.8 Å². The summed E-state index contributed by atoms with van der Waals surface area (Å²) in [5.74, 6) is -0.765. The Hall–Kier alpha value is -0.570. The zero-order chi connectivity index (χ0) is 7.56. The molecule has 2 atom stereocenters. The second kappa shape index (κ2) is 3.01. The topological polar surface area (TPSA) is 46.5 Å². The molecule has 0 aromatic carbocycles. The zero-order valence-electron chi connectivity index (χ0n) is 6.04. The number of rotatable bonds is 2. The van der Waals surface area contributed by atoms with Crippen molar-refractivity contribution < 1.29 is 14.6 Å². The Labute approximate surface area is 60.0 Å². The van der Waals surface area contributed by atoms with Crippen LogP contribution in [0.2, 0.25) is 0 Å². The van der Waals surface area contributed by atoms with Crippen molar-refractivity contribution in [3.63, 3.8) is 0 Å². The van der Waals surface area contributed by atoms with E-state index in [0.29, 0.717) is 0 Å². The van der Waals surface area contributed by atoms with E-state index in [1.165, 1.54) is 0 Å². The summed E-state index contributed by atoms with van der Waals surface area (Å²) >= 11 is 0. The first-order valence-corrected chi connectivity index (χ1v) is 3.55. The molecule has 1 aliphatic rings. The highest BCUT2D eigenvalue weighted by molar-refractivity contribution is 5.67. The minimum Gasteiger partial charge on any atom is -0.481 e. The van der Waals surface area contributed by atoms with Gasteiger partial charge in [-0.2, -0.15) is 0 Å². The summed E-state index contributed by atoms with van der Waals surface area (Å²) in [6.07, 6.45) is 2.27. The Morgan fingerprint density at radius 1 is 1.70 bits per heavy atom. The van der Waals surface area contributed by atoms with Gasteiger partial charge in [0.2, 0.25) is 0 Å².